The number of anilines is 2. The molecule has 8 nitrogen and oxygen atoms in total. The van der Waals surface area contributed by atoms with Gasteiger partial charge < -0.3 is 5.32 Å². The molecule has 0 spiro atoms. The number of nitro groups is 1. The molecule has 2 rings (SSSR count). The molecule has 0 saturated heterocycles. The van der Waals surface area contributed by atoms with Gasteiger partial charge in [0.25, 0.3) is 5.69 Å². The summed E-state index contributed by atoms with van der Waals surface area (Å²) in [6, 6.07) is 13.1. The number of amides is 1. The van der Waals surface area contributed by atoms with Gasteiger partial charge >= 0.3 is 0 Å². The predicted octanol–water partition coefficient (Wildman–Crippen LogP) is 3.65. The van der Waals surface area contributed by atoms with Crippen LogP contribution in [0.2, 0.25) is 0 Å². The summed E-state index contributed by atoms with van der Waals surface area (Å²) in [6.07, 6.45) is 0.398. The van der Waals surface area contributed by atoms with Crippen molar-refractivity contribution in [3.63, 3.8) is 0 Å². The normalized spacial score (nSPS) is 10.7. The molecular formula is C18H17N5O3. The lowest BCUT2D eigenvalue weighted by Gasteiger charge is -2.07. The molecule has 0 aliphatic rings. The number of benzene rings is 2. The lowest BCUT2D eigenvalue weighted by Crippen LogP contribution is -2.09. The first kappa shape index (κ1) is 18.6. The third-order valence-corrected chi connectivity index (χ3v) is 3.58. The summed E-state index contributed by atoms with van der Waals surface area (Å²) in [5.74, 6) is -0.0714. The highest BCUT2D eigenvalue weighted by Crippen LogP contribution is 2.25. The average Bonchev–Trinajstić information content (AvgIpc) is 2.66. The third kappa shape index (κ3) is 4.64. The molecule has 0 unspecified atom stereocenters. The van der Waals surface area contributed by atoms with Crippen molar-refractivity contribution >= 4 is 28.7 Å². The summed E-state index contributed by atoms with van der Waals surface area (Å²) in [5, 5.41) is 26.9. The average molecular weight is 351 g/mol. The number of nitro benzene ring substituents is 1. The van der Waals surface area contributed by atoms with E-state index in [0.29, 0.717) is 17.8 Å². The molecular weight excluding hydrogens is 334 g/mol. The van der Waals surface area contributed by atoms with Crippen molar-refractivity contribution in [3.8, 4) is 6.07 Å². The first-order chi connectivity index (χ1) is 12.4. The van der Waals surface area contributed by atoms with Gasteiger partial charge in [-0.15, -0.1) is 0 Å². The van der Waals surface area contributed by atoms with Crippen molar-refractivity contribution in [1.29, 1.82) is 5.26 Å². The van der Waals surface area contributed by atoms with Gasteiger partial charge in [0.05, 0.1) is 22.3 Å². The SMILES string of the molecule is CCC(=O)Nc1ccc(/C(C)=N\Nc2ccc(C#N)cc2[N+](=O)[O-])cc1. The van der Waals surface area contributed by atoms with Crippen LogP contribution in [0.25, 0.3) is 0 Å². The predicted molar refractivity (Wildman–Crippen MR) is 99.0 cm³/mol. The van der Waals surface area contributed by atoms with Gasteiger partial charge in [0.1, 0.15) is 5.69 Å². The van der Waals surface area contributed by atoms with Gasteiger partial charge in [-0.3, -0.25) is 20.3 Å². The van der Waals surface area contributed by atoms with Crippen LogP contribution in [0.5, 0.6) is 0 Å². The molecule has 0 saturated carbocycles. The van der Waals surface area contributed by atoms with E-state index in [0.717, 1.165) is 5.56 Å². The monoisotopic (exact) mass is 351 g/mol. The molecule has 8 heteroatoms. The Kier molecular flexibility index (Phi) is 6.01. The van der Waals surface area contributed by atoms with Crippen LogP contribution in [0.1, 0.15) is 31.4 Å². The minimum Gasteiger partial charge on any atom is -0.326 e. The molecule has 0 aromatic heterocycles. The molecule has 0 aliphatic heterocycles. The van der Waals surface area contributed by atoms with Gasteiger partial charge in [0, 0.05) is 18.2 Å². The number of carbonyl (C=O) groups excluding carboxylic acids is 1. The number of nitriles is 1. The standard InChI is InChI=1S/C18H17N5O3/c1-3-18(24)20-15-7-5-14(6-8-15)12(2)21-22-16-9-4-13(11-19)10-17(16)23(25)26/h4-10,22H,3H2,1-2H3,(H,20,24)/b21-12-. The zero-order valence-corrected chi connectivity index (χ0v) is 14.3. The lowest BCUT2D eigenvalue weighted by molar-refractivity contribution is -0.384. The number of hydrazone groups is 1. The summed E-state index contributed by atoms with van der Waals surface area (Å²) in [6.45, 7) is 3.52. The smallest absolute Gasteiger partial charge is 0.295 e. The highest BCUT2D eigenvalue weighted by Gasteiger charge is 2.14. The van der Waals surface area contributed by atoms with Crippen molar-refractivity contribution in [1.82, 2.24) is 0 Å². The summed E-state index contributed by atoms with van der Waals surface area (Å²) in [7, 11) is 0. The van der Waals surface area contributed by atoms with E-state index in [2.05, 4.69) is 15.8 Å². The van der Waals surface area contributed by atoms with Crippen LogP contribution in [0, 0.1) is 21.4 Å². The molecule has 0 aliphatic carbocycles. The maximum atomic E-state index is 11.4. The topological polar surface area (TPSA) is 120 Å². The largest absolute Gasteiger partial charge is 0.326 e. The van der Waals surface area contributed by atoms with Crippen LogP contribution in [0.3, 0.4) is 0 Å². The highest BCUT2D eigenvalue weighted by molar-refractivity contribution is 6.00. The van der Waals surface area contributed by atoms with Crippen LogP contribution in [0.15, 0.2) is 47.6 Å². The van der Waals surface area contributed by atoms with E-state index in [4.69, 9.17) is 5.26 Å². The second-order valence-electron chi connectivity index (χ2n) is 5.39. The Hall–Kier alpha value is -3.73. The zero-order valence-electron chi connectivity index (χ0n) is 14.3. The van der Waals surface area contributed by atoms with Crippen molar-refractivity contribution in [2.45, 2.75) is 20.3 Å². The van der Waals surface area contributed by atoms with Crippen LogP contribution in [-0.2, 0) is 4.79 Å². The summed E-state index contributed by atoms with van der Waals surface area (Å²) >= 11 is 0. The molecule has 2 aromatic rings. The van der Waals surface area contributed by atoms with Crippen LogP contribution in [-0.4, -0.2) is 16.5 Å². The Morgan fingerprint density at radius 2 is 1.96 bits per heavy atom. The van der Waals surface area contributed by atoms with Gasteiger partial charge in [-0.05, 0) is 36.8 Å². The van der Waals surface area contributed by atoms with Gasteiger partial charge in [0.2, 0.25) is 5.91 Å². The van der Waals surface area contributed by atoms with Crippen molar-refractivity contribution in [2.24, 2.45) is 5.10 Å². The number of nitrogens with zero attached hydrogens (tertiary/aromatic N) is 3. The number of hydrogen-bond donors (Lipinski definition) is 2. The minimum atomic E-state index is -0.570. The number of rotatable bonds is 6. The zero-order chi connectivity index (χ0) is 19.1. The number of carbonyl (C=O) groups is 1. The fourth-order valence-corrected chi connectivity index (χ4v) is 2.10. The summed E-state index contributed by atoms with van der Waals surface area (Å²) in [5.41, 5.74) is 4.93. The first-order valence-corrected chi connectivity index (χ1v) is 7.83. The Labute approximate surface area is 150 Å². The van der Waals surface area contributed by atoms with E-state index >= 15 is 0 Å². The molecule has 0 fully saturated rings. The molecule has 26 heavy (non-hydrogen) atoms. The molecule has 1 amide bonds. The van der Waals surface area contributed by atoms with Gasteiger partial charge in [0.15, 0.2) is 0 Å². The van der Waals surface area contributed by atoms with E-state index in [-0.39, 0.29) is 22.8 Å². The quantitative estimate of drug-likeness (QED) is 0.467. The fraction of sp³-hybridized carbons (Fsp3) is 0.167. The van der Waals surface area contributed by atoms with Gasteiger partial charge in [-0.25, -0.2) is 0 Å². The molecule has 0 heterocycles. The van der Waals surface area contributed by atoms with E-state index < -0.39 is 4.92 Å². The molecule has 2 N–H and O–H groups in total. The molecule has 132 valence electrons. The number of hydrogen-bond acceptors (Lipinski definition) is 6. The third-order valence-electron chi connectivity index (χ3n) is 3.58. The minimum absolute atomic E-state index is 0.0714. The molecule has 0 atom stereocenters. The maximum Gasteiger partial charge on any atom is 0.295 e. The van der Waals surface area contributed by atoms with Crippen molar-refractivity contribution in [2.75, 3.05) is 10.7 Å². The number of nitrogens with one attached hydrogen (secondary N) is 2. The van der Waals surface area contributed by atoms with Gasteiger partial charge in [-0.1, -0.05) is 19.1 Å². The first-order valence-electron chi connectivity index (χ1n) is 7.83. The molecule has 0 radical (unpaired) electrons. The Morgan fingerprint density at radius 3 is 2.54 bits per heavy atom. The Balaban J connectivity index is 2.17. The van der Waals surface area contributed by atoms with E-state index in [1.807, 2.05) is 6.07 Å². The Morgan fingerprint density at radius 1 is 1.27 bits per heavy atom. The van der Waals surface area contributed by atoms with Crippen LogP contribution < -0.4 is 10.7 Å². The second-order valence-corrected chi connectivity index (χ2v) is 5.39. The van der Waals surface area contributed by atoms with Crippen LogP contribution >= 0.6 is 0 Å². The maximum absolute atomic E-state index is 11.4. The van der Waals surface area contributed by atoms with Gasteiger partial charge in [-0.2, -0.15) is 10.4 Å². The van der Waals surface area contributed by atoms with E-state index in [9.17, 15) is 14.9 Å². The van der Waals surface area contributed by atoms with Crippen LogP contribution in [0.4, 0.5) is 17.1 Å². The fourth-order valence-electron chi connectivity index (χ4n) is 2.10. The summed E-state index contributed by atoms with van der Waals surface area (Å²) < 4.78 is 0. The second kappa shape index (κ2) is 8.39. The highest BCUT2D eigenvalue weighted by atomic mass is 16.6. The molecule has 0 bridgehead atoms. The van der Waals surface area contributed by atoms with Crippen molar-refractivity contribution in [3.05, 3.63) is 63.7 Å². The lowest BCUT2D eigenvalue weighted by atomic mass is 10.1. The molecule has 2 aromatic carbocycles. The van der Waals surface area contributed by atoms with E-state index in [1.165, 1.54) is 18.2 Å². The van der Waals surface area contributed by atoms with Crippen molar-refractivity contribution < 1.29 is 9.72 Å². The Bertz CT molecular complexity index is 898. The summed E-state index contributed by atoms with van der Waals surface area (Å²) in [4.78, 5) is 21.9. The van der Waals surface area contributed by atoms with E-state index in [1.54, 1.807) is 38.1 Å².